The van der Waals surface area contributed by atoms with Gasteiger partial charge in [0.25, 0.3) is 0 Å². The van der Waals surface area contributed by atoms with Gasteiger partial charge in [0.05, 0.1) is 5.00 Å². The Hall–Kier alpha value is -1.01. The molecule has 56 valence electrons. The molecule has 0 saturated heterocycles. The molecule has 11 heavy (non-hydrogen) atoms. The molecule has 0 spiro atoms. The monoisotopic (exact) mass is 164 g/mol. The molecule has 1 aromatic heterocycles. The maximum absolute atomic E-state index is 8.72. The number of nitriles is 1. The molecule has 0 fully saturated rings. The lowest BCUT2D eigenvalue weighted by Gasteiger charge is -1.87. The number of nitrogen functional groups attached to an aromatic ring is 1. The molecule has 2 nitrogen and oxygen atoms in total. The molecule has 1 heterocycles. The smallest absolute Gasteiger partial charge is 0.110 e. The van der Waals surface area contributed by atoms with Gasteiger partial charge in [0.1, 0.15) is 10.9 Å². The van der Waals surface area contributed by atoms with Crippen molar-refractivity contribution in [3.05, 3.63) is 16.0 Å². The fourth-order valence-corrected chi connectivity index (χ4v) is 2.55. The van der Waals surface area contributed by atoms with Gasteiger partial charge < -0.3 is 5.73 Å². The van der Waals surface area contributed by atoms with Crippen LogP contribution in [0.1, 0.15) is 22.4 Å². The van der Waals surface area contributed by atoms with Gasteiger partial charge in [-0.05, 0) is 30.4 Å². The van der Waals surface area contributed by atoms with E-state index in [1.165, 1.54) is 22.5 Å². The Bertz CT molecular complexity index is 333. The van der Waals surface area contributed by atoms with Gasteiger partial charge in [0.15, 0.2) is 0 Å². The van der Waals surface area contributed by atoms with E-state index >= 15 is 0 Å². The number of fused-ring (bicyclic) bond motifs is 1. The van der Waals surface area contributed by atoms with E-state index in [1.807, 2.05) is 0 Å². The number of hydrogen-bond donors (Lipinski definition) is 1. The van der Waals surface area contributed by atoms with E-state index in [0.717, 1.165) is 29.1 Å². The largest absolute Gasteiger partial charge is 0.390 e. The van der Waals surface area contributed by atoms with Crippen LogP contribution in [-0.4, -0.2) is 0 Å². The highest BCUT2D eigenvalue weighted by atomic mass is 32.1. The number of nitrogens with zero attached hydrogens (tertiary/aromatic N) is 1. The average molecular weight is 164 g/mol. The Kier molecular flexibility index (Phi) is 1.36. The third-order valence-electron chi connectivity index (χ3n) is 2.10. The number of hydrogen-bond acceptors (Lipinski definition) is 3. The fourth-order valence-electron chi connectivity index (χ4n) is 1.59. The Balaban J connectivity index is 2.63. The molecule has 0 bridgehead atoms. The summed E-state index contributed by atoms with van der Waals surface area (Å²) >= 11 is 1.43. The summed E-state index contributed by atoms with van der Waals surface area (Å²) < 4.78 is 0. The topological polar surface area (TPSA) is 49.8 Å². The summed E-state index contributed by atoms with van der Waals surface area (Å²) in [6.45, 7) is 0. The van der Waals surface area contributed by atoms with Crippen molar-refractivity contribution < 1.29 is 0 Å². The maximum atomic E-state index is 8.72. The predicted molar refractivity (Wildman–Crippen MR) is 45.5 cm³/mol. The zero-order chi connectivity index (χ0) is 7.84. The van der Waals surface area contributed by atoms with Gasteiger partial charge in [-0.3, -0.25) is 0 Å². The van der Waals surface area contributed by atoms with Crippen molar-refractivity contribution >= 4 is 16.3 Å². The molecule has 0 amide bonds. The van der Waals surface area contributed by atoms with Gasteiger partial charge in [0.2, 0.25) is 0 Å². The molecule has 1 aliphatic carbocycles. The molecule has 0 aromatic carbocycles. The first-order valence-electron chi connectivity index (χ1n) is 3.63. The maximum Gasteiger partial charge on any atom is 0.110 e. The highest BCUT2D eigenvalue weighted by molar-refractivity contribution is 7.16. The minimum absolute atomic E-state index is 0.829. The molecule has 0 aliphatic heterocycles. The molecule has 2 N–H and O–H groups in total. The Morgan fingerprint density at radius 2 is 2.09 bits per heavy atom. The van der Waals surface area contributed by atoms with Crippen LogP contribution in [-0.2, 0) is 12.8 Å². The van der Waals surface area contributed by atoms with Gasteiger partial charge >= 0.3 is 0 Å². The van der Waals surface area contributed by atoms with E-state index in [-0.39, 0.29) is 0 Å². The SMILES string of the molecule is N#Cc1sc(N)c2c1CCC2. The van der Waals surface area contributed by atoms with Gasteiger partial charge in [-0.1, -0.05) is 0 Å². The molecule has 0 saturated carbocycles. The molecule has 1 aromatic rings. The Morgan fingerprint density at radius 1 is 1.36 bits per heavy atom. The minimum atomic E-state index is 0.829. The summed E-state index contributed by atoms with van der Waals surface area (Å²) in [5.74, 6) is 0. The van der Waals surface area contributed by atoms with Gasteiger partial charge in [-0.25, -0.2) is 0 Å². The van der Waals surface area contributed by atoms with Crippen LogP contribution < -0.4 is 5.73 Å². The molecule has 0 radical (unpaired) electrons. The van der Waals surface area contributed by atoms with Crippen molar-refractivity contribution in [2.24, 2.45) is 0 Å². The second-order valence-electron chi connectivity index (χ2n) is 2.72. The molecule has 1 aliphatic rings. The summed E-state index contributed by atoms with van der Waals surface area (Å²) in [5.41, 5.74) is 8.20. The van der Waals surface area contributed by atoms with Crippen molar-refractivity contribution in [3.8, 4) is 6.07 Å². The summed E-state index contributed by atoms with van der Waals surface area (Å²) in [4.78, 5) is 0.829. The quantitative estimate of drug-likeness (QED) is 0.634. The fraction of sp³-hybridized carbons (Fsp3) is 0.375. The van der Waals surface area contributed by atoms with Crippen molar-refractivity contribution in [3.63, 3.8) is 0 Å². The molecule has 3 heteroatoms. The van der Waals surface area contributed by atoms with Crippen LogP contribution in [0.2, 0.25) is 0 Å². The van der Waals surface area contributed by atoms with Crippen LogP contribution in [0, 0.1) is 11.3 Å². The van der Waals surface area contributed by atoms with Crippen molar-refractivity contribution in [2.45, 2.75) is 19.3 Å². The summed E-state index contributed by atoms with van der Waals surface area (Å²) in [6, 6.07) is 2.19. The average Bonchev–Trinajstić information content (AvgIpc) is 2.54. The second-order valence-corrected chi connectivity index (χ2v) is 3.77. The van der Waals surface area contributed by atoms with E-state index in [0.29, 0.717) is 0 Å². The molecule has 2 rings (SSSR count). The van der Waals surface area contributed by atoms with E-state index in [1.54, 1.807) is 0 Å². The van der Waals surface area contributed by atoms with Crippen molar-refractivity contribution in [1.82, 2.24) is 0 Å². The Labute approximate surface area is 69.3 Å². The van der Waals surface area contributed by atoms with Gasteiger partial charge in [-0.15, -0.1) is 11.3 Å². The number of thiophene rings is 1. The number of nitrogens with two attached hydrogens (primary N) is 1. The van der Waals surface area contributed by atoms with Crippen molar-refractivity contribution in [1.29, 1.82) is 5.26 Å². The van der Waals surface area contributed by atoms with E-state index in [4.69, 9.17) is 11.0 Å². The minimum Gasteiger partial charge on any atom is -0.390 e. The van der Waals surface area contributed by atoms with Crippen LogP contribution in [0.5, 0.6) is 0 Å². The lowest BCUT2D eigenvalue weighted by molar-refractivity contribution is 0.911. The first-order chi connectivity index (χ1) is 5.33. The van der Waals surface area contributed by atoms with Crippen LogP contribution in [0.3, 0.4) is 0 Å². The lowest BCUT2D eigenvalue weighted by Crippen LogP contribution is -1.84. The standard InChI is InChI=1S/C8H8N2S/c9-4-7-5-2-1-3-6(5)8(10)11-7/h1-3,10H2. The first-order valence-corrected chi connectivity index (χ1v) is 4.44. The molecule has 0 atom stereocenters. The lowest BCUT2D eigenvalue weighted by atomic mass is 10.2. The third-order valence-corrected chi connectivity index (χ3v) is 3.11. The van der Waals surface area contributed by atoms with Crippen molar-refractivity contribution in [2.75, 3.05) is 5.73 Å². The highest BCUT2D eigenvalue weighted by Gasteiger charge is 2.20. The normalized spacial score (nSPS) is 14.5. The summed E-state index contributed by atoms with van der Waals surface area (Å²) in [7, 11) is 0. The summed E-state index contributed by atoms with van der Waals surface area (Å²) in [5, 5.41) is 9.58. The zero-order valence-corrected chi connectivity index (χ0v) is 6.87. The number of rotatable bonds is 0. The molecular formula is C8H8N2S. The van der Waals surface area contributed by atoms with Crippen LogP contribution in [0.15, 0.2) is 0 Å². The highest BCUT2D eigenvalue weighted by Crippen LogP contribution is 2.36. The molecular weight excluding hydrogens is 156 g/mol. The van der Waals surface area contributed by atoms with E-state index in [2.05, 4.69) is 6.07 Å². The van der Waals surface area contributed by atoms with Crippen LogP contribution >= 0.6 is 11.3 Å². The van der Waals surface area contributed by atoms with Gasteiger partial charge in [0, 0.05) is 0 Å². The van der Waals surface area contributed by atoms with Gasteiger partial charge in [-0.2, -0.15) is 5.26 Å². The third kappa shape index (κ3) is 0.831. The number of anilines is 1. The van der Waals surface area contributed by atoms with Crippen LogP contribution in [0.4, 0.5) is 5.00 Å². The predicted octanol–water partition coefficient (Wildman–Crippen LogP) is 1.69. The zero-order valence-electron chi connectivity index (χ0n) is 6.05. The first kappa shape index (κ1) is 6.68. The second kappa shape index (κ2) is 2.24. The molecule has 0 unspecified atom stereocenters. The Morgan fingerprint density at radius 3 is 2.82 bits per heavy atom. The van der Waals surface area contributed by atoms with E-state index < -0.39 is 0 Å². The van der Waals surface area contributed by atoms with Crippen LogP contribution in [0.25, 0.3) is 0 Å². The van der Waals surface area contributed by atoms with E-state index in [9.17, 15) is 0 Å². The summed E-state index contributed by atoms with van der Waals surface area (Å²) in [6.07, 6.45) is 3.28.